The molecule has 0 fully saturated rings. The summed E-state index contributed by atoms with van der Waals surface area (Å²) in [6, 6.07) is 9.04. The van der Waals surface area contributed by atoms with E-state index in [1.807, 2.05) is 0 Å². The topological polar surface area (TPSA) is 0 Å². The van der Waals surface area contributed by atoms with Crippen LogP contribution in [0.4, 0.5) is 0 Å². The molecule has 0 saturated heterocycles. The molecule has 0 heterocycles. The highest BCUT2D eigenvalue weighted by molar-refractivity contribution is 7.36. The van der Waals surface area contributed by atoms with Gasteiger partial charge in [-0.15, -0.1) is 8.58 Å². The van der Waals surface area contributed by atoms with Crippen LogP contribution in [0.3, 0.4) is 0 Å². The van der Waals surface area contributed by atoms with Gasteiger partial charge in [0.25, 0.3) is 0 Å². The SMILES string of the molecule is CPCc1ccc(C(C)(C)C)cc1. The Bertz CT molecular complexity index is 253. The molecule has 0 N–H and O–H groups in total. The minimum Gasteiger partial charge on any atom is -0.121 e. The van der Waals surface area contributed by atoms with Crippen LogP contribution in [-0.2, 0) is 11.6 Å². The van der Waals surface area contributed by atoms with Crippen molar-refractivity contribution >= 4 is 8.58 Å². The van der Waals surface area contributed by atoms with Gasteiger partial charge >= 0.3 is 0 Å². The molecule has 13 heavy (non-hydrogen) atoms. The van der Waals surface area contributed by atoms with E-state index >= 15 is 0 Å². The Morgan fingerprint density at radius 3 is 2.00 bits per heavy atom. The molecule has 1 aromatic rings. The van der Waals surface area contributed by atoms with Gasteiger partial charge in [-0.2, -0.15) is 0 Å². The largest absolute Gasteiger partial charge is 0.121 e. The highest BCUT2D eigenvalue weighted by atomic mass is 31.1. The maximum absolute atomic E-state index is 2.26. The normalized spacial score (nSPS) is 12.6. The number of hydrogen-bond donors (Lipinski definition) is 0. The van der Waals surface area contributed by atoms with E-state index in [2.05, 4.69) is 51.7 Å². The third kappa shape index (κ3) is 3.12. The van der Waals surface area contributed by atoms with E-state index in [0.29, 0.717) is 0 Å². The van der Waals surface area contributed by atoms with E-state index in [9.17, 15) is 0 Å². The molecule has 1 unspecified atom stereocenters. The monoisotopic (exact) mass is 194 g/mol. The molecule has 1 atom stereocenters. The Kier molecular flexibility index (Phi) is 3.50. The fourth-order valence-corrected chi connectivity index (χ4v) is 1.97. The van der Waals surface area contributed by atoms with Crippen molar-refractivity contribution in [2.75, 3.05) is 6.66 Å². The Morgan fingerprint density at radius 2 is 1.62 bits per heavy atom. The lowest BCUT2D eigenvalue weighted by atomic mass is 9.87. The second-order valence-corrected chi connectivity index (χ2v) is 5.54. The molecule has 0 aliphatic heterocycles. The Balaban J connectivity index is 2.81. The second-order valence-electron chi connectivity index (χ2n) is 4.48. The molecule has 0 nitrogen and oxygen atoms in total. The Morgan fingerprint density at radius 1 is 1.08 bits per heavy atom. The van der Waals surface area contributed by atoms with Gasteiger partial charge in [0.2, 0.25) is 0 Å². The van der Waals surface area contributed by atoms with E-state index in [4.69, 9.17) is 0 Å². The van der Waals surface area contributed by atoms with Crippen LogP contribution in [0.2, 0.25) is 0 Å². The van der Waals surface area contributed by atoms with E-state index in [-0.39, 0.29) is 5.41 Å². The smallest absolute Gasteiger partial charge is 0.0103 e. The maximum Gasteiger partial charge on any atom is -0.0103 e. The van der Waals surface area contributed by atoms with Crippen molar-refractivity contribution in [3.8, 4) is 0 Å². The summed E-state index contributed by atoms with van der Waals surface area (Å²) in [5.74, 6) is 0. The van der Waals surface area contributed by atoms with E-state index in [0.717, 1.165) is 8.58 Å². The molecular weight excluding hydrogens is 175 g/mol. The van der Waals surface area contributed by atoms with Crippen LogP contribution in [0, 0.1) is 0 Å². The lowest BCUT2D eigenvalue weighted by Crippen LogP contribution is -2.10. The van der Waals surface area contributed by atoms with E-state index in [1.165, 1.54) is 17.3 Å². The molecule has 0 spiro atoms. The molecule has 0 aliphatic carbocycles. The zero-order chi connectivity index (χ0) is 9.90. The molecule has 1 heteroatoms. The average molecular weight is 194 g/mol. The summed E-state index contributed by atoms with van der Waals surface area (Å²) in [5, 5.41) is 0. The molecule has 0 aliphatic rings. The fourth-order valence-electron chi connectivity index (χ4n) is 1.33. The van der Waals surface area contributed by atoms with Crippen molar-refractivity contribution < 1.29 is 0 Å². The van der Waals surface area contributed by atoms with Crippen molar-refractivity contribution in [3.05, 3.63) is 35.4 Å². The van der Waals surface area contributed by atoms with E-state index < -0.39 is 0 Å². The van der Waals surface area contributed by atoms with Crippen LogP contribution in [0.1, 0.15) is 31.9 Å². The molecule has 1 aromatic carbocycles. The lowest BCUT2D eigenvalue weighted by molar-refractivity contribution is 0.590. The summed E-state index contributed by atoms with van der Waals surface area (Å²) < 4.78 is 0. The van der Waals surface area contributed by atoms with Crippen molar-refractivity contribution in [2.24, 2.45) is 0 Å². The fraction of sp³-hybridized carbons (Fsp3) is 0.500. The summed E-state index contributed by atoms with van der Waals surface area (Å²) in [6.45, 7) is 9.01. The van der Waals surface area contributed by atoms with Crippen molar-refractivity contribution in [1.82, 2.24) is 0 Å². The van der Waals surface area contributed by atoms with Gasteiger partial charge in [-0.25, -0.2) is 0 Å². The zero-order valence-electron chi connectivity index (χ0n) is 9.02. The van der Waals surface area contributed by atoms with Crippen LogP contribution in [0.15, 0.2) is 24.3 Å². The van der Waals surface area contributed by atoms with Gasteiger partial charge in [-0.05, 0) is 29.4 Å². The molecule has 0 saturated carbocycles. The minimum absolute atomic E-state index is 0.285. The van der Waals surface area contributed by atoms with Crippen molar-refractivity contribution in [3.63, 3.8) is 0 Å². The predicted octanol–water partition coefficient (Wildman–Crippen LogP) is 3.79. The van der Waals surface area contributed by atoms with Gasteiger partial charge in [0, 0.05) is 0 Å². The summed E-state index contributed by atoms with van der Waals surface area (Å²) >= 11 is 0. The van der Waals surface area contributed by atoms with Gasteiger partial charge in [0.15, 0.2) is 0 Å². The minimum atomic E-state index is 0.285. The Labute approximate surface area is 83.5 Å². The first-order valence-electron chi connectivity index (χ1n) is 4.78. The zero-order valence-corrected chi connectivity index (χ0v) is 10.0. The molecule has 0 bridgehead atoms. The van der Waals surface area contributed by atoms with Crippen LogP contribution in [0.5, 0.6) is 0 Å². The summed E-state index contributed by atoms with van der Waals surface area (Å²) in [5.41, 5.74) is 3.18. The summed E-state index contributed by atoms with van der Waals surface area (Å²) in [6.07, 6.45) is 1.23. The third-order valence-corrected chi connectivity index (χ3v) is 2.96. The quantitative estimate of drug-likeness (QED) is 0.628. The molecule has 0 radical (unpaired) electrons. The molecule has 72 valence electrons. The van der Waals surface area contributed by atoms with Gasteiger partial charge < -0.3 is 0 Å². The van der Waals surface area contributed by atoms with Gasteiger partial charge in [-0.1, -0.05) is 45.0 Å². The standard InChI is InChI=1S/C12H19P/c1-12(2,3)11-7-5-10(6-8-11)9-13-4/h5-8,13H,9H2,1-4H3. The van der Waals surface area contributed by atoms with Gasteiger partial charge in [0.1, 0.15) is 0 Å². The number of benzene rings is 1. The lowest BCUT2D eigenvalue weighted by Gasteiger charge is -2.19. The number of rotatable bonds is 2. The highest BCUT2D eigenvalue weighted by Crippen LogP contribution is 2.23. The van der Waals surface area contributed by atoms with Gasteiger partial charge in [0.05, 0.1) is 0 Å². The average Bonchev–Trinajstić information content (AvgIpc) is 2.04. The van der Waals surface area contributed by atoms with Crippen molar-refractivity contribution in [2.45, 2.75) is 32.3 Å². The Hall–Kier alpha value is -0.350. The molecule has 1 rings (SSSR count). The second kappa shape index (κ2) is 4.24. The maximum atomic E-state index is 2.26. The molecular formula is C12H19P. The highest BCUT2D eigenvalue weighted by Gasteiger charge is 2.12. The van der Waals surface area contributed by atoms with E-state index in [1.54, 1.807) is 0 Å². The first kappa shape index (κ1) is 10.7. The predicted molar refractivity (Wildman–Crippen MR) is 63.1 cm³/mol. The van der Waals surface area contributed by atoms with Crippen LogP contribution < -0.4 is 0 Å². The summed E-state index contributed by atoms with van der Waals surface area (Å²) in [4.78, 5) is 0. The summed E-state index contributed by atoms with van der Waals surface area (Å²) in [7, 11) is 1.02. The first-order chi connectivity index (χ1) is 6.04. The first-order valence-corrected chi connectivity index (χ1v) is 6.49. The van der Waals surface area contributed by atoms with Crippen LogP contribution >= 0.6 is 8.58 Å². The molecule has 0 aromatic heterocycles. The van der Waals surface area contributed by atoms with Crippen LogP contribution in [-0.4, -0.2) is 6.66 Å². The molecule has 0 amide bonds. The third-order valence-electron chi connectivity index (χ3n) is 2.20. The van der Waals surface area contributed by atoms with Gasteiger partial charge in [-0.3, -0.25) is 0 Å². The van der Waals surface area contributed by atoms with Crippen molar-refractivity contribution in [1.29, 1.82) is 0 Å². The van der Waals surface area contributed by atoms with Crippen LogP contribution in [0.25, 0.3) is 0 Å². The number of hydrogen-bond acceptors (Lipinski definition) is 0.